The molecule has 0 spiro atoms. The average Bonchev–Trinajstić information content (AvgIpc) is 3.18. The van der Waals surface area contributed by atoms with Crippen LogP contribution in [0.5, 0.6) is 0 Å². The van der Waals surface area contributed by atoms with E-state index in [4.69, 9.17) is 0 Å². The van der Waals surface area contributed by atoms with Gasteiger partial charge in [0.25, 0.3) is 5.91 Å². The van der Waals surface area contributed by atoms with Crippen molar-refractivity contribution in [1.82, 2.24) is 14.6 Å². The third-order valence-electron chi connectivity index (χ3n) is 6.58. The van der Waals surface area contributed by atoms with Gasteiger partial charge >= 0.3 is 0 Å². The van der Waals surface area contributed by atoms with Crippen molar-refractivity contribution in [1.29, 1.82) is 0 Å². The van der Waals surface area contributed by atoms with Gasteiger partial charge in [0.2, 0.25) is 10.0 Å². The van der Waals surface area contributed by atoms with Crippen molar-refractivity contribution in [3.05, 3.63) is 48.0 Å². The van der Waals surface area contributed by atoms with Gasteiger partial charge in [-0.1, -0.05) is 63.6 Å². The van der Waals surface area contributed by atoms with Gasteiger partial charge in [0.05, 0.1) is 5.75 Å². The lowest BCUT2D eigenvalue weighted by molar-refractivity contribution is 0.0953. The van der Waals surface area contributed by atoms with E-state index in [-0.39, 0.29) is 11.7 Å². The maximum atomic E-state index is 12.7. The smallest absolute Gasteiger partial charge is 0.251 e. The maximum Gasteiger partial charge on any atom is 0.251 e. The second kappa shape index (κ2) is 13.6. The van der Waals surface area contributed by atoms with Crippen molar-refractivity contribution < 1.29 is 13.2 Å². The first-order chi connectivity index (χ1) is 17.0. The zero-order valence-corrected chi connectivity index (χ0v) is 22.1. The molecule has 192 valence electrons. The van der Waals surface area contributed by atoms with Gasteiger partial charge in [-0.05, 0) is 50.5 Å². The molecule has 3 rings (SSSR count). The Morgan fingerprint density at radius 2 is 1.49 bits per heavy atom. The van der Waals surface area contributed by atoms with E-state index >= 15 is 0 Å². The van der Waals surface area contributed by atoms with E-state index in [9.17, 15) is 13.2 Å². The number of nitrogens with one attached hydrogen (secondary N) is 2. The molecule has 0 aliphatic heterocycles. The quantitative estimate of drug-likeness (QED) is 0.237. The van der Waals surface area contributed by atoms with Crippen molar-refractivity contribution in [2.45, 2.75) is 78.2 Å². The first-order valence-corrected chi connectivity index (χ1v) is 14.9. The van der Waals surface area contributed by atoms with E-state index in [2.05, 4.69) is 40.6 Å². The Bertz CT molecular complexity index is 1200. The molecule has 0 bridgehead atoms. The fourth-order valence-corrected chi connectivity index (χ4v) is 5.82. The fourth-order valence-electron chi connectivity index (χ4n) is 4.64. The normalized spacial score (nSPS) is 11.9. The highest BCUT2D eigenvalue weighted by molar-refractivity contribution is 7.89. The summed E-state index contributed by atoms with van der Waals surface area (Å²) in [5.74, 6) is 0.149. The number of fused-ring (bicyclic) bond motifs is 3. The largest absolute Gasteiger partial charge is 0.352 e. The molecule has 2 aromatic carbocycles. The van der Waals surface area contributed by atoms with Gasteiger partial charge in [0.15, 0.2) is 0 Å². The van der Waals surface area contributed by atoms with E-state index in [1.54, 1.807) is 0 Å². The van der Waals surface area contributed by atoms with Crippen LogP contribution in [0.1, 0.15) is 82.0 Å². The summed E-state index contributed by atoms with van der Waals surface area (Å²) in [6, 6.07) is 14.2. The third-order valence-corrected chi connectivity index (χ3v) is 8.05. The van der Waals surface area contributed by atoms with Crippen LogP contribution >= 0.6 is 0 Å². The molecule has 0 unspecified atom stereocenters. The highest BCUT2D eigenvalue weighted by atomic mass is 32.2. The zero-order chi connectivity index (χ0) is 25.1. The standard InChI is InChI=1S/C28H41N3O3S/c1-3-5-6-7-8-14-21-35(33,34)30-20-13-9-12-19-29-28(32)23-17-18-27-25(22-23)24-15-10-11-16-26(24)31(27)4-2/h10-11,15-18,22,30H,3-9,12-14,19-21H2,1-2H3,(H,29,32). The number of para-hydroxylation sites is 1. The summed E-state index contributed by atoms with van der Waals surface area (Å²) in [6.45, 7) is 6.23. The first-order valence-electron chi connectivity index (χ1n) is 13.2. The van der Waals surface area contributed by atoms with Crippen LogP contribution in [0.25, 0.3) is 21.8 Å². The predicted molar refractivity (Wildman–Crippen MR) is 146 cm³/mol. The molecule has 0 aliphatic rings. The lowest BCUT2D eigenvalue weighted by atomic mass is 10.1. The molecule has 0 fully saturated rings. The monoisotopic (exact) mass is 499 g/mol. The van der Waals surface area contributed by atoms with Crippen molar-refractivity contribution in [2.75, 3.05) is 18.8 Å². The fraction of sp³-hybridized carbons (Fsp3) is 0.536. The number of hydrogen-bond acceptors (Lipinski definition) is 3. The molecule has 0 atom stereocenters. The predicted octanol–water partition coefficient (Wildman–Crippen LogP) is 5.99. The molecule has 0 aliphatic carbocycles. The van der Waals surface area contributed by atoms with E-state index in [0.29, 0.717) is 18.7 Å². The number of sulfonamides is 1. The number of benzene rings is 2. The summed E-state index contributed by atoms with van der Waals surface area (Å²) in [5, 5.41) is 5.27. The van der Waals surface area contributed by atoms with Gasteiger partial charge < -0.3 is 9.88 Å². The summed E-state index contributed by atoms with van der Waals surface area (Å²) < 4.78 is 29.1. The zero-order valence-electron chi connectivity index (χ0n) is 21.3. The minimum Gasteiger partial charge on any atom is -0.352 e. The summed E-state index contributed by atoms with van der Waals surface area (Å²) >= 11 is 0. The lowest BCUT2D eigenvalue weighted by Crippen LogP contribution is -2.28. The molecule has 35 heavy (non-hydrogen) atoms. The number of amides is 1. The van der Waals surface area contributed by atoms with Crippen LogP contribution in [0.2, 0.25) is 0 Å². The third kappa shape index (κ3) is 7.80. The van der Waals surface area contributed by atoms with E-state index in [1.807, 2.05) is 30.3 Å². The summed E-state index contributed by atoms with van der Waals surface area (Å²) in [5.41, 5.74) is 2.99. The highest BCUT2D eigenvalue weighted by Crippen LogP contribution is 2.29. The van der Waals surface area contributed by atoms with Crippen molar-refractivity contribution in [3.8, 4) is 0 Å². The first kappa shape index (κ1) is 27.2. The Morgan fingerprint density at radius 3 is 2.29 bits per heavy atom. The number of hydrogen-bond donors (Lipinski definition) is 2. The van der Waals surface area contributed by atoms with Crippen LogP contribution in [0.4, 0.5) is 0 Å². The number of unbranched alkanes of at least 4 members (excludes halogenated alkanes) is 7. The average molecular weight is 500 g/mol. The van der Waals surface area contributed by atoms with E-state index < -0.39 is 10.0 Å². The maximum absolute atomic E-state index is 12.7. The van der Waals surface area contributed by atoms with E-state index in [1.165, 1.54) is 24.8 Å². The number of nitrogens with zero attached hydrogens (tertiary/aromatic N) is 1. The summed E-state index contributed by atoms with van der Waals surface area (Å²) in [6.07, 6.45) is 8.90. The van der Waals surface area contributed by atoms with Gasteiger partial charge in [-0.15, -0.1) is 0 Å². The SMILES string of the molecule is CCCCCCCCS(=O)(=O)NCCCCCNC(=O)c1ccc2c(c1)c1ccccc1n2CC. The highest BCUT2D eigenvalue weighted by Gasteiger charge is 2.13. The molecule has 0 saturated heterocycles. The van der Waals surface area contributed by atoms with Crippen molar-refractivity contribution >= 4 is 37.7 Å². The minimum atomic E-state index is -3.17. The van der Waals surface area contributed by atoms with E-state index in [0.717, 1.165) is 61.4 Å². The van der Waals surface area contributed by atoms with Gasteiger partial charge in [0.1, 0.15) is 0 Å². The van der Waals surface area contributed by atoms with Crippen LogP contribution in [-0.2, 0) is 16.6 Å². The number of carbonyl (C=O) groups is 1. The molecule has 1 heterocycles. The molecule has 0 saturated carbocycles. The second-order valence-electron chi connectivity index (χ2n) is 9.29. The Morgan fingerprint density at radius 1 is 0.800 bits per heavy atom. The Balaban J connectivity index is 1.37. The topological polar surface area (TPSA) is 80.2 Å². The molecule has 6 nitrogen and oxygen atoms in total. The molecule has 0 radical (unpaired) electrons. The Hall–Kier alpha value is -2.38. The van der Waals surface area contributed by atoms with Crippen LogP contribution < -0.4 is 10.0 Å². The van der Waals surface area contributed by atoms with Gasteiger partial charge in [-0.25, -0.2) is 13.1 Å². The molecule has 1 amide bonds. The molecular formula is C28H41N3O3S. The van der Waals surface area contributed by atoms with Crippen LogP contribution in [0.15, 0.2) is 42.5 Å². The molecule has 1 aromatic heterocycles. The second-order valence-corrected chi connectivity index (χ2v) is 11.2. The van der Waals surface area contributed by atoms with Gasteiger partial charge in [-0.3, -0.25) is 4.79 Å². The van der Waals surface area contributed by atoms with Crippen LogP contribution in [0.3, 0.4) is 0 Å². The lowest BCUT2D eigenvalue weighted by Gasteiger charge is -2.08. The van der Waals surface area contributed by atoms with Gasteiger partial charge in [0, 0.05) is 47.0 Å². The number of rotatable bonds is 16. The molecule has 7 heteroatoms. The van der Waals surface area contributed by atoms with Crippen LogP contribution in [-0.4, -0.2) is 37.7 Å². The number of aromatic nitrogens is 1. The number of carbonyl (C=O) groups excluding carboxylic acids is 1. The summed E-state index contributed by atoms with van der Waals surface area (Å²) in [7, 11) is -3.17. The number of aryl methyl sites for hydroxylation is 1. The summed E-state index contributed by atoms with van der Waals surface area (Å²) in [4.78, 5) is 12.7. The molecular weight excluding hydrogens is 458 g/mol. The molecule has 3 aromatic rings. The van der Waals surface area contributed by atoms with Crippen molar-refractivity contribution in [2.24, 2.45) is 0 Å². The molecule has 2 N–H and O–H groups in total. The Kier molecular flexibility index (Phi) is 10.6. The van der Waals surface area contributed by atoms with Gasteiger partial charge in [-0.2, -0.15) is 0 Å². The minimum absolute atomic E-state index is 0.0696. The van der Waals surface area contributed by atoms with Crippen molar-refractivity contribution in [3.63, 3.8) is 0 Å². The Labute approximate surface area is 210 Å². The van der Waals surface area contributed by atoms with Crippen LogP contribution in [0, 0.1) is 0 Å².